The standard InChI is InChI=1S/C15H24N/c1-5-14-9-11-15(12-10-14)8-6-7-13-16(2,3)4/h5,9-12H,1,6-8,13H2,2-4H3/q+1. The number of aryl methyl sites for hydroxylation is 1. The fourth-order valence-electron chi connectivity index (χ4n) is 1.74. The molecule has 0 saturated heterocycles. The maximum absolute atomic E-state index is 3.76. The number of quaternary nitrogens is 1. The summed E-state index contributed by atoms with van der Waals surface area (Å²) in [5.74, 6) is 0. The Kier molecular flexibility index (Phi) is 4.75. The monoisotopic (exact) mass is 218 g/mol. The van der Waals surface area contributed by atoms with Crippen molar-refractivity contribution in [3.05, 3.63) is 42.0 Å². The molecule has 0 aliphatic heterocycles. The third-order valence-electron chi connectivity index (χ3n) is 2.76. The van der Waals surface area contributed by atoms with Crippen LogP contribution in [0.25, 0.3) is 6.08 Å². The van der Waals surface area contributed by atoms with Crippen molar-refractivity contribution in [2.45, 2.75) is 19.3 Å². The van der Waals surface area contributed by atoms with Crippen LogP contribution in [0.4, 0.5) is 0 Å². The molecule has 1 rings (SSSR count). The van der Waals surface area contributed by atoms with Gasteiger partial charge in [-0.2, -0.15) is 0 Å². The van der Waals surface area contributed by atoms with Crippen molar-refractivity contribution in [2.24, 2.45) is 0 Å². The minimum absolute atomic E-state index is 1.06. The average Bonchev–Trinajstić information content (AvgIpc) is 2.24. The van der Waals surface area contributed by atoms with Crippen LogP contribution in [-0.4, -0.2) is 32.2 Å². The quantitative estimate of drug-likeness (QED) is 0.507. The predicted molar refractivity (Wildman–Crippen MR) is 72.4 cm³/mol. The van der Waals surface area contributed by atoms with Gasteiger partial charge in [-0.05, 0) is 30.4 Å². The van der Waals surface area contributed by atoms with E-state index in [1.807, 2.05) is 6.08 Å². The highest BCUT2D eigenvalue weighted by Gasteiger charge is 2.05. The second-order valence-electron chi connectivity index (χ2n) is 5.42. The van der Waals surface area contributed by atoms with Crippen molar-refractivity contribution < 1.29 is 4.48 Å². The molecule has 88 valence electrons. The van der Waals surface area contributed by atoms with E-state index in [-0.39, 0.29) is 0 Å². The summed E-state index contributed by atoms with van der Waals surface area (Å²) in [6.45, 7) is 5.02. The Morgan fingerprint density at radius 2 is 1.69 bits per heavy atom. The zero-order valence-corrected chi connectivity index (χ0v) is 10.9. The van der Waals surface area contributed by atoms with Gasteiger partial charge < -0.3 is 4.48 Å². The van der Waals surface area contributed by atoms with Gasteiger partial charge in [-0.15, -0.1) is 0 Å². The highest BCUT2D eigenvalue weighted by molar-refractivity contribution is 5.47. The first-order chi connectivity index (χ1) is 7.51. The van der Waals surface area contributed by atoms with Crippen molar-refractivity contribution in [2.75, 3.05) is 27.7 Å². The molecule has 0 spiro atoms. The lowest BCUT2D eigenvalue weighted by atomic mass is 10.1. The van der Waals surface area contributed by atoms with Crippen LogP contribution in [0.2, 0.25) is 0 Å². The van der Waals surface area contributed by atoms with Crippen molar-refractivity contribution in [3.63, 3.8) is 0 Å². The zero-order valence-electron chi connectivity index (χ0n) is 10.9. The maximum Gasteiger partial charge on any atom is 0.0780 e. The zero-order chi connectivity index (χ0) is 12.0. The van der Waals surface area contributed by atoms with Gasteiger partial charge in [0.25, 0.3) is 0 Å². The average molecular weight is 218 g/mol. The van der Waals surface area contributed by atoms with Crippen molar-refractivity contribution >= 4 is 6.08 Å². The van der Waals surface area contributed by atoms with Crippen molar-refractivity contribution in [1.29, 1.82) is 0 Å². The number of unbranched alkanes of at least 4 members (excludes halogenated alkanes) is 1. The molecule has 0 atom stereocenters. The van der Waals surface area contributed by atoms with E-state index in [1.54, 1.807) is 0 Å². The first kappa shape index (κ1) is 13.0. The van der Waals surface area contributed by atoms with Gasteiger partial charge in [0.15, 0.2) is 0 Å². The summed E-state index contributed by atoms with van der Waals surface area (Å²) < 4.78 is 1.06. The van der Waals surface area contributed by atoms with E-state index in [9.17, 15) is 0 Å². The van der Waals surface area contributed by atoms with Gasteiger partial charge in [-0.1, -0.05) is 36.9 Å². The van der Waals surface area contributed by atoms with E-state index in [2.05, 4.69) is 52.0 Å². The molecule has 0 aliphatic rings. The molecule has 0 saturated carbocycles. The third-order valence-corrected chi connectivity index (χ3v) is 2.76. The molecule has 0 amide bonds. The first-order valence-electron chi connectivity index (χ1n) is 6.03. The van der Waals surface area contributed by atoms with Crippen LogP contribution in [0.1, 0.15) is 24.0 Å². The highest BCUT2D eigenvalue weighted by atomic mass is 15.3. The number of hydrogen-bond donors (Lipinski definition) is 0. The van der Waals surface area contributed by atoms with E-state index >= 15 is 0 Å². The van der Waals surface area contributed by atoms with E-state index in [1.165, 1.54) is 36.9 Å². The second kappa shape index (κ2) is 5.86. The molecule has 0 N–H and O–H groups in total. The molecule has 0 aliphatic carbocycles. The van der Waals surface area contributed by atoms with E-state index in [4.69, 9.17) is 0 Å². The van der Waals surface area contributed by atoms with Gasteiger partial charge in [-0.3, -0.25) is 0 Å². The lowest BCUT2D eigenvalue weighted by Crippen LogP contribution is -2.35. The Labute approximate surface area is 100.0 Å². The van der Waals surface area contributed by atoms with E-state index in [0.717, 1.165) is 4.48 Å². The smallest absolute Gasteiger partial charge is 0.0780 e. The van der Waals surface area contributed by atoms with Gasteiger partial charge in [0.1, 0.15) is 0 Å². The Hall–Kier alpha value is -1.08. The van der Waals surface area contributed by atoms with E-state index in [0.29, 0.717) is 0 Å². The minimum atomic E-state index is 1.06. The fraction of sp³-hybridized carbons (Fsp3) is 0.467. The molecule has 0 aromatic heterocycles. The SMILES string of the molecule is C=Cc1ccc(CCCC[N+](C)(C)C)cc1. The van der Waals surface area contributed by atoms with Crippen molar-refractivity contribution in [1.82, 2.24) is 0 Å². The van der Waals surface area contributed by atoms with Crippen LogP contribution in [0.5, 0.6) is 0 Å². The minimum Gasteiger partial charge on any atom is -0.331 e. The molecule has 1 aromatic carbocycles. The van der Waals surface area contributed by atoms with Gasteiger partial charge in [0.05, 0.1) is 27.7 Å². The molecule has 0 heterocycles. The largest absolute Gasteiger partial charge is 0.331 e. The number of rotatable bonds is 6. The summed E-state index contributed by atoms with van der Waals surface area (Å²) in [5.41, 5.74) is 2.64. The van der Waals surface area contributed by atoms with Crippen molar-refractivity contribution in [3.8, 4) is 0 Å². The molecule has 0 bridgehead atoms. The van der Waals surface area contributed by atoms with Gasteiger partial charge in [-0.25, -0.2) is 0 Å². The summed E-state index contributed by atoms with van der Waals surface area (Å²) in [6, 6.07) is 8.70. The molecule has 16 heavy (non-hydrogen) atoms. The van der Waals surface area contributed by atoms with Crippen LogP contribution < -0.4 is 0 Å². The van der Waals surface area contributed by atoms with Crippen LogP contribution in [0.15, 0.2) is 30.8 Å². The van der Waals surface area contributed by atoms with Gasteiger partial charge in [0.2, 0.25) is 0 Å². The normalized spacial score (nSPS) is 11.4. The Morgan fingerprint density at radius 1 is 1.06 bits per heavy atom. The number of nitrogens with zero attached hydrogens (tertiary/aromatic N) is 1. The Bertz CT molecular complexity index is 316. The fourth-order valence-corrected chi connectivity index (χ4v) is 1.74. The maximum atomic E-state index is 3.76. The van der Waals surface area contributed by atoms with Gasteiger partial charge >= 0.3 is 0 Å². The molecular formula is C15H24N+. The Morgan fingerprint density at radius 3 is 2.19 bits per heavy atom. The molecule has 0 fully saturated rings. The topological polar surface area (TPSA) is 0 Å². The first-order valence-corrected chi connectivity index (χ1v) is 6.03. The van der Waals surface area contributed by atoms with Crippen LogP contribution >= 0.6 is 0 Å². The summed E-state index contributed by atoms with van der Waals surface area (Å²) >= 11 is 0. The van der Waals surface area contributed by atoms with E-state index < -0.39 is 0 Å². The molecular weight excluding hydrogens is 194 g/mol. The Balaban J connectivity index is 2.29. The predicted octanol–water partition coefficient (Wildman–Crippen LogP) is 3.36. The summed E-state index contributed by atoms with van der Waals surface area (Å²) in [5, 5.41) is 0. The summed E-state index contributed by atoms with van der Waals surface area (Å²) in [7, 11) is 6.75. The second-order valence-corrected chi connectivity index (χ2v) is 5.42. The molecule has 1 heteroatoms. The molecule has 1 nitrogen and oxygen atoms in total. The van der Waals surface area contributed by atoms with Crippen LogP contribution in [0.3, 0.4) is 0 Å². The highest BCUT2D eigenvalue weighted by Crippen LogP contribution is 2.09. The lowest BCUT2D eigenvalue weighted by Gasteiger charge is -2.23. The molecule has 1 aromatic rings. The number of benzene rings is 1. The summed E-state index contributed by atoms with van der Waals surface area (Å²) in [4.78, 5) is 0. The molecule has 0 radical (unpaired) electrons. The summed E-state index contributed by atoms with van der Waals surface area (Å²) in [6.07, 6.45) is 5.66. The number of hydrogen-bond acceptors (Lipinski definition) is 0. The molecule has 0 unspecified atom stereocenters. The third kappa shape index (κ3) is 5.13. The van der Waals surface area contributed by atoms with Crippen LogP contribution in [0, 0.1) is 0 Å². The van der Waals surface area contributed by atoms with Crippen LogP contribution in [-0.2, 0) is 6.42 Å². The van der Waals surface area contributed by atoms with Gasteiger partial charge in [0, 0.05) is 0 Å². The lowest BCUT2D eigenvalue weighted by molar-refractivity contribution is -0.870.